The number of methoxy groups -OCH3 is 2. The van der Waals surface area contributed by atoms with Crippen molar-refractivity contribution in [2.24, 2.45) is 4.99 Å². The third kappa shape index (κ3) is 5.89. The van der Waals surface area contributed by atoms with Crippen LogP contribution in [0.3, 0.4) is 0 Å². The third-order valence-electron chi connectivity index (χ3n) is 3.77. The monoisotopic (exact) mass is 452 g/mol. The van der Waals surface area contributed by atoms with E-state index in [2.05, 4.69) is 15.3 Å². The summed E-state index contributed by atoms with van der Waals surface area (Å²) in [7, 11) is 3.25. The van der Waals surface area contributed by atoms with Crippen molar-refractivity contribution in [3.63, 3.8) is 0 Å². The molecule has 0 spiro atoms. The van der Waals surface area contributed by atoms with Gasteiger partial charge in [-0.3, -0.25) is 9.59 Å². The third-order valence-corrected chi connectivity index (χ3v) is 6.41. The quantitative estimate of drug-likeness (QED) is 0.536. The Labute approximate surface area is 179 Å². The number of ether oxygens (including phenoxy) is 2. The van der Waals surface area contributed by atoms with Crippen LogP contribution in [0.1, 0.15) is 0 Å². The fraction of sp³-hybridized carbons (Fsp3) is 0.333. The van der Waals surface area contributed by atoms with Crippen LogP contribution >= 0.6 is 34.4 Å². The van der Waals surface area contributed by atoms with Gasteiger partial charge in [0.2, 0.25) is 5.91 Å². The van der Waals surface area contributed by atoms with Crippen LogP contribution in [0.2, 0.25) is 0 Å². The van der Waals surface area contributed by atoms with Gasteiger partial charge >= 0.3 is 0 Å². The highest BCUT2D eigenvalue weighted by Crippen LogP contribution is 2.23. The minimum Gasteiger partial charge on any atom is -0.497 e. The zero-order valence-electron chi connectivity index (χ0n) is 15.9. The number of aromatic nitrogens is 2. The first kappa shape index (κ1) is 21.5. The Kier molecular flexibility index (Phi) is 7.81. The molecule has 0 radical (unpaired) electrons. The molecule has 2 amide bonds. The molecular weight excluding hydrogens is 432 g/mol. The van der Waals surface area contributed by atoms with Gasteiger partial charge in [0.25, 0.3) is 5.91 Å². The van der Waals surface area contributed by atoms with Crippen molar-refractivity contribution < 1.29 is 19.1 Å². The lowest BCUT2D eigenvalue weighted by Gasteiger charge is -2.05. The lowest BCUT2D eigenvalue weighted by Crippen LogP contribution is -2.20. The number of hydrogen-bond acceptors (Lipinski definition) is 8. The molecule has 2 heterocycles. The molecule has 11 heteroatoms. The molecule has 1 N–H and O–H groups in total. The average Bonchev–Trinajstić information content (AvgIpc) is 3.33. The number of carbonyl (C=O) groups is 2. The molecule has 8 nitrogen and oxygen atoms in total. The number of nitrogens with zero attached hydrogens (tertiary/aromatic N) is 3. The molecular formula is C18H20N4O4S3. The van der Waals surface area contributed by atoms with Crippen LogP contribution in [0.15, 0.2) is 34.8 Å². The van der Waals surface area contributed by atoms with E-state index in [0.717, 1.165) is 16.0 Å². The highest BCUT2D eigenvalue weighted by molar-refractivity contribution is 8.00. The molecule has 2 aromatic heterocycles. The molecule has 0 aliphatic carbocycles. The zero-order valence-corrected chi connectivity index (χ0v) is 18.4. The Morgan fingerprint density at radius 3 is 2.90 bits per heavy atom. The van der Waals surface area contributed by atoms with E-state index in [4.69, 9.17) is 9.47 Å². The van der Waals surface area contributed by atoms with Gasteiger partial charge in [-0.15, -0.1) is 23.1 Å². The highest BCUT2D eigenvalue weighted by Gasteiger charge is 2.10. The van der Waals surface area contributed by atoms with Crippen molar-refractivity contribution in [2.45, 2.75) is 6.54 Å². The standard InChI is InChI=1S/C18H20N4O4S3/c1-25-7-6-22-13-4-3-12(26-2)9-14(13)29-18(22)21-16(24)11-27-10-15(23)20-17-19-5-8-28-17/h3-5,8-9H,6-7,10-11H2,1-2H3,(H,19,20,23). The number of thioether (sulfide) groups is 1. The van der Waals surface area contributed by atoms with Gasteiger partial charge < -0.3 is 19.4 Å². The number of nitrogens with one attached hydrogen (secondary N) is 1. The van der Waals surface area contributed by atoms with E-state index in [1.807, 2.05) is 22.8 Å². The number of hydrogen-bond donors (Lipinski definition) is 1. The first-order chi connectivity index (χ1) is 14.1. The van der Waals surface area contributed by atoms with Crippen molar-refractivity contribution in [3.05, 3.63) is 34.6 Å². The van der Waals surface area contributed by atoms with Crippen LogP contribution in [0.4, 0.5) is 5.13 Å². The van der Waals surface area contributed by atoms with Gasteiger partial charge in [-0.2, -0.15) is 4.99 Å². The molecule has 0 aliphatic rings. The normalized spacial score (nSPS) is 11.7. The number of amides is 2. The first-order valence-electron chi connectivity index (χ1n) is 8.61. The maximum absolute atomic E-state index is 12.3. The van der Waals surface area contributed by atoms with Gasteiger partial charge in [-0.05, 0) is 18.2 Å². The summed E-state index contributed by atoms with van der Waals surface area (Å²) in [5.74, 6) is 0.544. The summed E-state index contributed by atoms with van der Waals surface area (Å²) in [5.41, 5.74) is 0.967. The molecule has 0 aliphatic heterocycles. The van der Waals surface area contributed by atoms with Crippen molar-refractivity contribution in [1.29, 1.82) is 0 Å². The first-order valence-corrected chi connectivity index (χ1v) is 11.5. The number of anilines is 1. The lowest BCUT2D eigenvalue weighted by atomic mass is 10.3. The van der Waals surface area contributed by atoms with E-state index in [9.17, 15) is 9.59 Å². The molecule has 1 aromatic carbocycles. The van der Waals surface area contributed by atoms with E-state index >= 15 is 0 Å². The van der Waals surface area contributed by atoms with E-state index in [1.54, 1.807) is 25.8 Å². The molecule has 0 fully saturated rings. The second-order valence-electron chi connectivity index (χ2n) is 5.75. The minimum atomic E-state index is -0.290. The summed E-state index contributed by atoms with van der Waals surface area (Å²) in [4.78, 5) is 33.1. The summed E-state index contributed by atoms with van der Waals surface area (Å²) < 4.78 is 13.4. The summed E-state index contributed by atoms with van der Waals surface area (Å²) >= 11 is 3.99. The smallest absolute Gasteiger partial charge is 0.258 e. The molecule has 29 heavy (non-hydrogen) atoms. The molecule has 0 unspecified atom stereocenters. The topological polar surface area (TPSA) is 94.8 Å². The SMILES string of the molecule is COCCn1c(=NC(=O)CSCC(=O)Nc2nccs2)sc2cc(OC)ccc21. The van der Waals surface area contributed by atoms with Gasteiger partial charge in [0.1, 0.15) is 5.75 Å². The largest absolute Gasteiger partial charge is 0.497 e. The van der Waals surface area contributed by atoms with Crippen molar-refractivity contribution in [1.82, 2.24) is 9.55 Å². The zero-order chi connectivity index (χ0) is 20.6. The van der Waals surface area contributed by atoms with E-state index in [-0.39, 0.29) is 23.3 Å². The van der Waals surface area contributed by atoms with Crippen LogP contribution < -0.4 is 14.9 Å². The summed E-state index contributed by atoms with van der Waals surface area (Å²) in [5, 5.41) is 5.01. The fourth-order valence-electron chi connectivity index (χ4n) is 2.48. The second-order valence-corrected chi connectivity index (χ2v) is 8.64. The maximum atomic E-state index is 12.3. The van der Waals surface area contributed by atoms with E-state index in [1.165, 1.54) is 34.4 Å². The van der Waals surface area contributed by atoms with Gasteiger partial charge in [0.15, 0.2) is 9.93 Å². The average molecular weight is 453 g/mol. The van der Waals surface area contributed by atoms with Crippen LogP contribution in [0.25, 0.3) is 10.2 Å². The lowest BCUT2D eigenvalue weighted by molar-refractivity contribution is -0.115. The summed E-state index contributed by atoms with van der Waals surface area (Å²) in [6, 6.07) is 5.74. The fourth-order valence-corrected chi connectivity index (χ4v) is 4.72. The second kappa shape index (κ2) is 10.5. The van der Waals surface area contributed by atoms with Gasteiger partial charge in [0.05, 0.1) is 35.4 Å². The van der Waals surface area contributed by atoms with E-state index in [0.29, 0.717) is 23.1 Å². The maximum Gasteiger partial charge on any atom is 0.258 e. The van der Waals surface area contributed by atoms with E-state index < -0.39 is 0 Å². The molecule has 3 rings (SSSR count). The Bertz CT molecular complexity index is 1040. The Morgan fingerprint density at radius 2 is 2.17 bits per heavy atom. The highest BCUT2D eigenvalue weighted by atomic mass is 32.2. The molecule has 3 aromatic rings. The number of fused-ring (bicyclic) bond motifs is 1. The number of benzene rings is 1. The number of thiazole rings is 2. The predicted molar refractivity (Wildman–Crippen MR) is 117 cm³/mol. The van der Waals surface area contributed by atoms with Crippen molar-refractivity contribution >= 4 is 61.6 Å². The van der Waals surface area contributed by atoms with Crippen LogP contribution in [-0.4, -0.2) is 53.7 Å². The van der Waals surface area contributed by atoms with Crippen molar-refractivity contribution in [2.75, 3.05) is 37.6 Å². The molecule has 154 valence electrons. The van der Waals surface area contributed by atoms with Gasteiger partial charge in [-0.25, -0.2) is 4.98 Å². The molecule has 0 bridgehead atoms. The predicted octanol–water partition coefficient (Wildman–Crippen LogP) is 2.61. The summed E-state index contributed by atoms with van der Waals surface area (Å²) in [6.45, 7) is 1.09. The van der Waals surface area contributed by atoms with Gasteiger partial charge in [-0.1, -0.05) is 11.3 Å². The molecule has 0 saturated carbocycles. The number of carbonyl (C=O) groups excluding carboxylic acids is 2. The summed E-state index contributed by atoms with van der Waals surface area (Å²) in [6.07, 6.45) is 1.62. The molecule has 0 saturated heterocycles. The van der Waals surface area contributed by atoms with Crippen molar-refractivity contribution in [3.8, 4) is 5.75 Å². The minimum absolute atomic E-state index is 0.118. The molecule has 0 atom stereocenters. The Morgan fingerprint density at radius 1 is 1.31 bits per heavy atom. The van der Waals surface area contributed by atoms with Crippen LogP contribution in [-0.2, 0) is 20.9 Å². The Hall–Kier alpha value is -2.21. The Balaban J connectivity index is 1.68. The van der Waals surface area contributed by atoms with Crippen LogP contribution in [0, 0.1) is 0 Å². The number of rotatable bonds is 9. The van der Waals surface area contributed by atoms with Gasteiger partial charge in [0, 0.05) is 25.2 Å². The van der Waals surface area contributed by atoms with Crippen LogP contribution in [0.5, 0.6) is 5.75 Å².